The van der Waals surface area contributed by atoms with Gasteiger partial charge in [0.25, 0.3) is 0 Å². The second kappa shape index (κ2) is 8.31. The molecule has 1 aromatic carbocycles. The second-order valence-corrected chi connectivity index (χ2v) is 7.06. The van der Waals surface area contributed by atoms with E-state index in [0.717, 1.165) is 18.7 Å². The van der Waals surface area contributed by atoms with E-state index in [4.69, 9.17) is 4.74 Å². The minimum atomic E-state index is -0.494. The van der Waals surface area contributed by atoms with E-state index in [-0.39, 0.29) is 12.1 Å². The van der Waals surface area contributed by atoms with Crippen molar-refractivity contribution in [3.8, 4) is 0 Å². The van der Waals surface area contributed by atoms with Gasteiger partial charge in [0, 0.05) is 19.1 Å². The van der Waals surface area contributed by atoms with Gasteiger partial charge >= 0.3 is 6.09 Å². The number of carbonyl (C=O) groups excluding carboxylic acids is 1. The summed E-state index contributed by atoms with van der Waals surface area (Å²) in [6.45, 7) is 8.38. The molecule has 1 aliphatic heterocycles. The summed E-state index contributed by atoms with van der Waals surface area (Å²) < 4.78 is 5.39. The van der Waals surface area contributed by atoms with Crippen molar-refractivity contribution in [2.45, 2.75) is 51.3 Å². The monoisotopic (exact) mass is 319 g/mol. The van der Waals surface area contributed by atoms with Crippen molar-refractivity contribution >= 4 is 6.09 Å². The van der Waals surface area contributed by atoms with Gasteiger partial charge in [-0.15, -0.1) is 0 Å². The van der Waals surface area contributed by atoms with E-state index in [0.29, 0.717) is 12.6 Å². The maximum Gasteiger partial charge on any atom is 0.408 e. The number of ether oxygens (including phenoxy) is 1. The van der Waals surface area contributed by atoms with Gasteiger partial charge in [-0.3, -0.25) is 0 Å². The number of benzene rings is 1. The molecule has 1 heterocycles. The van der Waals surface area contributed by atoms with Gasteiger partial charge in [-0.05, 0) is 45.7 Å². The summed E-state index contributed by atoms with van der Waals surface area (Å²) in [6.07, 6.45) is 1.98. The zero-order valence-electron chi connectivity index (χ0n) is 14.4. The Morgan fingerprint density at radius 1 is 1.35 bits per heavy atom. The van der Waals surface area contributed by atoms with Crippen LogP contribution in [0.3, 0.4) is 0 Å². The molecule has 128 valence electrons. The third-order valence-electron chi connectivity index (χ3n) is 3.80. The zero-order chi connectivity index (χ0) is 16.7. The minimum Gasteiger partial charge on any atom is -0.444 e. The maximum atomic E-state index is 12.1. The normalized spacial score (nSPS) is 19.9. The van der Waals surface area contributed by atoms with Crippen LogP contribution in [0.1, 0.15) is 45.2 Å². The Balaban J connectivity index is 1.96. The quantitative estimate of drug-likeness (QED) is 0.781. The number of carbonyl (C=O) groups is 1. The molecule has 5 heteroatoms. The summed E-state index contributed by atoms with van der Waals surface area (Å²) >= 11 is 0. The van der Waals surface area contributed by atoms with Crippen LogP contribution in [0, 0.1) is 0 Å². The highest BCUT2D eigenvalue weighted by Gasteiger charge is 2.21. The van der Waals surface area contributed by atoms with Crippen LogP contribution in [0.5, 0.6) is 0 Å². The molecule has 2 rings (SSSR count). The predicted octanol–water partition coefficient (Wildman–Crippen LogP) is 2.59. The van der Waals surface area contributed by atoms with Crippen LogP contribution in [0.25, 0.3) is 0 Å². The molecule has 0 saturated carbocycles. The third-order valence-corrected chi connectivity index (χ3v) is 3.80. The summed E-state index contributed by atoms with van der Waals surface area (Å²) in [5.41, 5.74) is 0.584. The Morgan fingerprint density at radius 2 is 2.09 bits per heavy atom. The van der Waals surface area contributed by atoms with Gasteiger partial charge in [-0.1, -0.05) is 30.3 Å². The van der Waals surface area contributed by atoms with Gasteiger partial charge in [0.1, 0.15) is 5.60 Å². The fourth-order valence-corrected chi connectivity index (χ4v) is 2.70. The number of rotatable bonds is 5. The van der Waals surface area contributed by atoms with Crippen molar-refractivity contribution in [1.29, 1.82) is 0 Å². The molecule has 5 nitrogen and oxygen atoms in total. The van der Waals surface area contributed by atoms with Crippen molar-refractivity contribution in [1.82, 2.24) is 16.0 Å². The highest BCUT2D eigenvalue weighted by molar-refractivity contribution is 5.68. The molecule has 2 atom stereocenters. The van der Waals surface area contributed by atoms with Crippen LogP contribution in [0.2, 0.25) is 0 Å². The first-order valence-electron chi connectivity index (χ1n) is 8.42. The summed E-state index contributed by atoms with van der Waals surface area (Å²) in [4.78, 5) is 12.1. The van der Waals surface area contributed by atoms with Crippen LogP contribution in [0.15, 0.2) is 30.3 Å². The van der Waals surface area contributed by atoms with Gasteiger partial charge in [0.05, 0.1) is 6.04 Å². The van der Waals surface area contributed by atoms with Crippen LogP contribution >= 0.6 is 0 Å². The van der Waals surface area contributed by atoms with Crippen LogP contribution in [-0.4, -0.2) is 37.4 Å². The van der Waals surface area contributed by atoms with Gasteiger partial charge in [0.2, 0.25) is 0 Å². The highest BCUT2D eigenvalue weighted by Crippen LogP contribution is 2.14. The summed E-state index contributed by atoms with van der Waals surface area (Å²) in [7, 11) is 0. The van der Waals surface area contributed by atoms with Crippen molar-refractivity contribution < 1.29 is 9.53 Å². The molecule has 0 aliphatic carbocycles. The maximum absolute atomic E-state index is 12.1. The Morgan fingerprint density at radius 3 is 2.70 bits per heavy atom. The average Bonchev–Trinajstić information content (AvgIpc) is 2.51. The molecule has 1 aliphatic rings. The zero-order valence-corrected chi connectivity index (χ0v) is 14.4. The van der Waals surface area contributed by atoms with Gasteiger partial charge in [-0.2, -0.15) is 0 Å². The molecule has 23 heavy (non-hydrogen) atoms. The fourth-order valence-electron chi connectivity index (χ4n) is 2.70. The predicted molar refractivity (Wildman–Crippen MR) is 92.4 cm³/mol. The Labute approximate surface area is 139 Å². The van der Waals surface area contributed by atoms with E-state index in [2.05, 4.69) is 16.0 Å². The second-order valence-electron chi connectivity index (χ2n) is 7.06. The Bertz CT molecular complexity index is 479. The first kappa shape index (κ1) is 17.8. The van der Waals surface area contributed by atoms with Crippen LogP contribution in [0.4, 0.5) is 4.79 Å². The van der Waals surface area contributed by atoms with E-state index in [9.17, 15) is 4.79 Å². The molecule has 0 spiro atoms. The van der Waals surface area contributed by atoms with Crippen molar-refractivity contribution in [2.24, 2.45) is 0 Å². The molecule has 1 saturated heterocycles. The van der Waals surface area contributed by atoms with E-state index in [1.165, 1.54) is 12.8 Å². The number of hydrogen-bond acceptors (Lipinski definition) is 4. The lowest BCUT2D eigenvalue weighted by molar-refractivity contribution is 0.0502. The van der Waals surface area contributed by atoms with Crippen molar-refractivity contribution in [2.75, 3.05) is 19.6 Å². The van der Waals surface area contributed by atoms with E-state index >= 15 is 0 Å². The number of alkyl carbamates (subject to hydrolysis) is 1. The first-order valence-corrected chi connectivity index (χ1v) is 8.42. The van der Waals surface area contributed by atoms with Crippen molar-refractivity contribution in [3.05, 3.63) is 35.9 Å². The lowest BCUT2D eigenvalue weighted by Gasteiger charge is -2.28. The van der Waals surface area contributed by atoms with Crippen molar-refractivity contribution in [3.63, 3.8) is 0 Å². The van der Waals surface area contributed by atoms with E-state index < -0.39 is 5.60 Å². The summed E-state index contributed by atoms with van der Waals surface area (Å²) in [5, 5.41) is 9.94. The first-order chi connectivity index (χ1) is 10.9. The molecule has 0 bridgehead atoms. The topological polar surface area (TPSA) is 62.4 Å². The highest BCUT2D eigenvalue weighted by atomic mass is 16.6. The smallest absolute Gasteiger partial charge is 0.408 e. The van der Waals surface area contributed by atoms with Gasteiger partial charge < -0.3 is 20.7 Å². The SMILES string of the molecule is CC(C)(C)OC(=O)NC(CNC1CCCNC1)c1ccccc1. The molecule has 1 fully saturated rings. The molecule has 3 N–H and O–H groups in total. The fraction of sp³-hybridized carbons (Fsp3) is 0.611. The summed E-state index contributed by atoms with van der Waals surface area (Å²) in [6, 6.07) is 10.4. The minimum absolute atomic E-state index is 0.104. The van der Waals surface area contributed by atoms with Crippen LogP contribution < -0.4 is 16.0 Å². The Kier molecular flexibility index (Phi) is 6.42. The standard InChI is InChI=1S/C18H29N3O2/c1-18(2,3)23-17(22)21-16(14-8-5-4-6-9-14)13-20-15-10-7-11-19-12-15/h4-6,8-9,15-16,19-20H,7,10-13H2,1-3H3,(H,21,22). The molecular weight excluding hydrogens is 290 g/mol. The molecule has 1 amide bonds. The molecule has 2 unspecified atom stereocenters. The number of piperidine rings is 1. The van der Waals surface area contributed by atoms with E-state index in [1.807, 2.05) is 51.1 Å². The lowest BCUT2D eigenvalue weighted by Crippen LogP contribution is -2.47. The number of nitrogens with one attached hydrogen (secondary N) is 3. The third kappa shape index (κ3) is 6.59. The van der Waals surface area contributed by atoms with Gasteiger partial charge in [0.15, 0.2) is 0 Å². The number of hydrogen-bond donors (Lipinski definition) is 3. The molecule has 1 aromatic rings. The molecule has 0 radical (unpaired) electrons. The van der Waals surface area contributed by atoms with Crippen LogP contribution in [-0.2, 0) is 4.74 Å². The summed E-state index contributed by atoms with van der Waals surface area (Å²) in [5.74, 6) is 0. The van der Waals surface area contributed by atoms with Gasteiger partial charge in [-0.25, -0.2) is 4.79 Å². The molecule has 0 aromatic heterocycles. The Hall–Kier alpha value is -1.59. The average molecular weight is 319 g/mol. The molecular formula is C18H29N3O2. The lowest BCUT2D eigenvalue weighted by atomic mass is 10.0. The number of amides is 1. The van der Waals surface area contributed by atoms with E-state index in [1.54, 1.807) is 0 Å². The largest absolute Gasteiger partial charge is 0.444 e.